The fourth-order valence-corrected chi connectivity index (χ4v) is 3.98. The molecule has 0 aliphatic carbocycles. The molecule has 0 bridgehead atoms. The lowest BCUT2D eigenvalue weighted by atomic mass is 9.96. The Morgan fingerprint density at radius 3 is 2.68 bits per heavy atom. The van der Waals surface area contributed by atoms with Crippen LogP contribution in [0.3, 0.4) is 0 Å². The molecule has 2 aromatic rings. The predicted molar refractivity (Wildman–Crippen MR) is 120 cm³/mol. The molecule has 1 aromatic heterocycles. The first-order chi connectivity index (χ1) is 15.0. The Balaban J connectivity index is 1.71. The van der Waals surface area contributed by atoms with Crippen LogP contribution in [-0.4, -0.2) is 48.8 Å². The Morgan fingerprint density at radius 2 is 2.00 bits per heavy atom. The van der Waals surface area contributed by atoms with Crippen LogP contribution in [0, 0.1) is 0 Å². The van der Waals surface area contributed by atoms with Crippen molar-refractivity contribution in [2.45, 2.75) is 32.5 Å². The van der Waals surface area contributed by atoms with Crippen molar-refractivity contribution < 1.29 is 14.3 Å². The number of aromatic nitrogens is 2. The summed E-state index contributed by atoms with van der Waals surface area (Å²) < 4.78 is 11.7. The monoisotopic (exact) mass is 423 g/mol. The molecule has 4 rings (SSSR count). The minimum Gasteiger partial charge on any atom is -0.378 e. The number of rotatable bonds is 6. The van der Waals surface area contributed by atoms with Gasteiger partial charge in [-0.25, -0.2) is 14.8 Å². The number of ether oxygens (including phenoxy) is 2. The van der Waals surface area contributed by atoms with Crippen molar-refractivity contribution in [3.05, 3.63) is 48.2 Å². The zero-order valence-electron chi connectivity index (χ0n) is 18.1. The number of fused-ring (bicyclic) bond motifs is 1. The number of hydrogen-bond acceptors (Lipinski definition) is 6. The highest BCUT2D eigenvalue weighted by molar-refractivity contribution is 5.89. The third kappa shape index (κ3) is 4.40. The molecule has 1 fully saturated rings. The van der Waals surface area contributed by atoms with Gasteiger partial charge in [0.2, 0.25) is 0 Å². The molecule has 164 valence electrons. The number of carbonyl (C=O) groups is 1. The van der Waals surface area contributed by atoms with Crippen molar-refractivity contribution in [3.63, 3.8) is 0 Å². The van der Waals surface area contributed by atoms with Crippen molar-refractivity contribution in [3.8, 4) is 11.4 Å². The van der Waals surface area contributed by atoms with Gasteiger partial charge >= 0.3 is 6.03 Å². The van der Waals surface area contributed by atoms with Crippen LogP contribution in [0.15, 0.2) is 36.9 Å². The van der Waals surface area contributed by atoms with E-state index in [-0.39, 0.29) is 6.03 Å². The molecule has 2 N–H and O–H groups in total. The lowest BCUT2D eigenvalue weighted by Gasteiger charge is -2.30. The number of nitrogens with one attached hydrogen (secondary N) is 2. The third-order valence-corrected chi connectivity index (χ3v) is 5.60. The van der Waals surface area contributed by atoms with Gasteiger partial charge in [0.15, 0.2) is 5.82 Å². The van der Waals surface area contributed by atoms with Gasteiger partial charge in [-0.1, -0.05) is 6.08 Å². The maximum absolute atomic E-state index is 11.8. The number of hydrogen-bond donors (Lipinski definition) is 2. The van der Waals surface area contributed by atoms with E-state index in [1.165, 1.54) is 0 Å². The minimum absolute atomic E-state index is 0.226. The molecule has 8 heteroatoms. The molecule has 31 heavy (non-hydrogen) atoms. The predicted octanol–water partition coefficient (Wildman–Crippen LogP) is 3.44. The molecule has 1 aromatic carbocycles. The summed E-state index contributed by atoms with van der Waals surface area (Å²) in [4.78, 5) is 23.9. The van der Waals surface area contributed by atoms with Crippen LogP contribution < -0.4 is 15.5 Å². The topological polar surface area (TPSA) is 88.6 Å². The minimum atomic E-state index is -0.518. The van der Waals surface area contributed by atoms with Crippen LogP contribution in [0.25, 0.3) is 11.4 Å². The van der Waals surface area contributed by atoms with Crippen molar-refractivity contribution in [1.29, 1.82) is 0 Å². The third-order valence-electron chi connectivity index (χ3n) is 5.60. The highest BCUT2D eigenvalue weighted by Crippen LogP contribution is 2.42. The number of morpholine rings is 1. The Hall–Kier alpha value is -2.97. The average Bonchev–Trinajstić information content (AvgIpc) is 3.11. The molecule has 0 unspecified atom stereocenters. The summed E-state index contributed by atoms with van der Waals surface area (Å²) in [6.45, 7) is 11.8. The first-order valence-electron chi connectivity index (χ1n) is 10.7. The standard InChI is InChI=1S/C23H29N5O3/c1-4-10-23(3)19-18(15-31-23)21(28-11-13-30-14-12-28)27-20(26-19)16-6-8-17(9-7-16)25-22(29)24-5-2/h4,6-9H,1,5,10-15H2,2-3H3,(H2,24,25,29)/t23-/m1/s1. The van der Waals surface area contributed by atoms with Gasteiger partial charge < -0.3 is 25.0 Å². The van der Waals surface area contributed by atoms with Gasteiger partial charge in [-0.05, 0) is 44.5 Å². The second-order valence-electron chi connectivity index (χ2n) is 7.87. The van der Waals surface area contributed by atoms with Crippen LogP contribution in [0.5, 0.6) is 0 Å². The molecule has 8 nitrogen and oxygen atoms in total. The maximum Gasteiger partial charge on any atom is 0.319 e. The van der Waals surface area contributed by atoms with E-state index in [9.17, 15) is 4.79 Å². The van der Waals surface area contributed by atoms with Crippen LogP contribution in [0.1, 0.15) is 31.5 Å². The summed E-state index contributed by atoms with van der Waals surface area (Å²) in [6.07, 6.45) is 2.54. The smallest absolute Gasteiger partial charge is 0.319 e. The largest absolute Gasteiger partial charge is 0.378 e. The highest BCUT2D eigenvalue weighted by atomic mass is 16.5. The summed E-state index contributed by atoms with van der Waals surface area (Å²) in [7, 11) is 0. The van der Waals surface area contributed by atoms with Gasteiger partial charge in [0.1, 0.15) is 11.4 Å². The number of benzene rings is 1. The molecule has 0 spiro atoms. The van der Waals surface area contributed by atoms with E-state index < -0.39 is 5.60 Å². The molecular weight excluding hydrogens is 394 g/mol. The number of urea groups is 1. The van der Waals surface area contributed by atoms with Crippen molar-refractivity contribution in [1.82, 2.24) is 15.3 Å². The Labute approximate surface area is 182 Å². The van der Waals surface area contributed by atoms with Crippen molar-refractivity contribution in [2.24, 2.45) is 0 Å². The fraction of sp³-hybridized carbons (Fsp3) is 0.435. The van der Waals surface area contributed by atoms with E-state index in [4.69, 9.17) is 19.4 Å². The van der Waals surface area contributed by atoms with E-state index >= 15 is 0 Å². The van der Waals surface area contributed by atoms with E-state index in [1.54, 1.807) is 0 Å². The summed E-state index contributed by atoms with van der Waals surface area (Å²) in [5.74, 6) is 1.56. The van der Waals surface area contributed by atoms with Gasteiger partial charge in [-0.2, -0.15) is 0 Å². The molecule has 1 saturated heterocycles. The van der Waals surface area contributed by atoms with Crippen LogP contribution in [0.2, 0.25) is 0 Å². The van der Waals surface area contributed by atoms with E-state index in [1.807, 2.05) is 37.3 Å². The van der Waals surface area contributed by atoms with Crippen molar-refractivity contribution >= 4 is 17.5 Å². The van der Waals surface area contributed by atoms with E-state index in [0.29, 0.717) is 44.3 Å². The second-order valence-corrected chi connectivity index (χ2v) is 7.87. The summed E-state index contributed by atoms with van der Waals surface area (Å²) in [6, 6.07) is 7.33. The molecule has 2 amide bonds. The van der Waals surface area contributed by atoms with Gasteiger partial charge in [-0.15, -0.1) is 6.58 Å². The lowest BCUT2D eigenvalue weighted by Crippen LogP contribution is -2.37. The summed E-state index contributed by atoms with van der Waals surface area (Å²) >= 11 is 0. The van der Waals surface area contributed by atoms with Crippen LogP contribution in [0.4, 0.5) is 16.3 Å². The first-order valence-corrected chi connectivity index (χ1v) is 10.7. The molecule has 2 aliphatic heterocycles. The highest BCUT2D eigenvalue weighted by Gasteiger charge is 2.39. The van der Waals surface area contributed by atoms with Crippen LogP contribution in [-0.2, 0) is 21.7 Å². The quantitative estimate of drug-likeness (QED) is 0.692. The molecular formula is C23H29N5O3. The number of amides is 2. The Bertz CT molecular complexity index is 956. The van der Waals surface area contributed by atoms with Crippen LogP contribution >= 0.6 is 0 Å². The number of nitrogens with zero attached hydrogens (tertiary/aromatic N) is 3. The number of anilines is 2. The zero-order chi connectivity index (χ0) is 21.8. The normalized spacial score (nSPS) is 20.3. The maximum atomic E-state index is 11.8. The Morgan fingerprint density at radius 1 is 1.26 bits per heavy atom. The molecule has 2 aliphatic rings. The first kappa shape index (κ1) is 21.3. The Kier molecular flexibility index (Phi) is 6.20. The van der Waals surface area contributed by atoms with Gasteiger partial charge in [0, 0.05) is 36.4 Å². The van der Waals surface area contributed by atoms with Crippen molar-refractivity contribution in [2.75, 3.05) is 43.1 Å². The van der Waals surface area contributed by atoms with Gasteiger partial charge in [-0.3, -0.25) is 0 Å². The SMILES string of the molecule is C=CC[C@@]1(C)OCc2c(N3CCOCC3)nc(-c3ccc(NC(=O)NCC)cc3)nc21. The molecule has 0 radical (unpaired) electrons. The summed E-state index contributed by atoms with van der Waals surface area (Å²) in [5.41, 5.74) is 3.04. The van der Waals surface area contributed by atoms with Gasteiger partial charge in [0.25, 0.3) is 0 Å². The van der Waals surface area contributed by atoms with Gasteiger partial charge in [0.05, 0.1) is 25.5 Å². The fourth-order valence-electron chi connectivity index (χ4n) is 3.98. The molecule has 3 heterocycles. The summed E-state index contributed by atoms with van der Waals surface area (Å²) in [5, 5.41) is 5.53. The molecule has 1 atom stereocenters. The number of carbonyl (C=O) groups excluding carboxylic acids is 1. The average molecular weight is 424 g/mol. The van der Waals surface area contributed by atoms with E-state index in [2.05, 4.69) is 29.0 Å². The zero-order valence-corrected chi connectivity index (χ0v) is 18.1. The van der Waals surface area contributed by atoms with E-state index in [0.717, 1.165) is 35.7 Å². The molecule has 0 saturated carbocycles. The second kappa shape index (κ2) is 9.03. The lowest BCUT2D eigenvalue weighted by molar-refractivity contribution is -0.0228.